The predicted molar refractivity (Wildman–Crippen MR) is 37.2 cm³/mol. The van der Waals surface area contributed by atoms with Gasteiger partial charge in [-0.15, -0.1) is 5.10 Å². The Morgan fingerprint density at radius 3 is 3.00 bits per heavy atom. The van der Waals surface area contributed by atoms with E-state index in [4.69, 9.17) is 5.11 Å². The van der Waals surface area contributed by atoms with Crippen LogP contribution in [0.4, 0.5) is 4.39 Å². The van der Waals surface area contributed by atoms with Gasteiger partial charge in [0.2, 0.25) is 0 Å². The Kier molecular flexibility index (Phi) is 2.37. The minimum absolute atomic E-state index is 0.142. The molecular formula is C6H8FN3O2. The van der Waals surface area contributed by atoms with Crippen molar-refractivity contribution in [3.8, 4) is 0 Å². The summed E-state index contributed by atoms with van der Waals surface area (Å²) in [5.74, 6) is -1.02. The van der Waals surface area contributed by atoms with Crippen LogP contribution >= 0.6 is 0 Å². The summed E-state index contributed by atoms with van der Waals surface area (Å²) < 4.78 is 13.0. The quantitative estimate of drug-likeness (QED) is 0.718. The summed E-state index contributed by atoms with van der Waals surface area (Å²) in [6, 6.07) is -0.808. The number of halogens is 1. The Bertz CT molecular complexity index is 286. The molecule has 0 bridgehead atoms. The molecule has 0 radical (unpaired) electrons. The third-order valence-corrected chi connectivity index (χ3v) is 1.45. The van der Waals surface area contributed by atoms with Crippen LogP contribution in [-0.2, 0) is 11.5 Å². The monoisotopic (exact) mass is 173 g/mol. The molecule has 0 spiro atoms. The van der Waals surface area contributed by atoms with Crippen molar-refractivity contribution in [2.24, 2.45) is 0 Å². The molecule has 0 unspecified atom stereocenters. The Hall–Kier alpha value is -1.46. The van der Waals surface area contributed by atoms with Crippen molar-refractivity contribution in [2.45, 2.75) is 19.6 Å². The summed E-state index contributed by atoms with van der Waals surface area (Å²) in [4.78, 5) is 10.4. The van der Waals surface area contributed by atoms with Crippen LogP contribution in [0.2, 0.25) is 0 Å². The van der Waals surface area contributed by atoms with Crippen molar-refractivity contribution >= 4 is 5.97 Å². The van der Waals surface area contributed by atoms with Crippen molar-refractivity contribution in [3.63, 3.8) is 0 Å². The third kappa shape index (κ3) is 1.58. The minimum atomic E-state index is -1.02. The molecule has 6 heteroatoms. The van der Waals surface area contributed by atoms with E-state index >= 15 is 0 Å². The van der Waals surface area contributed by atoms with Crippen molar-refractivity contribution in [2.75, 3.05) is 0 Å². The Morgan fingerprint density at radius 1 is 1.92 bits per heavy atom. The topological polar surface area (TPSA) is 68.0 Å². The lowest BCUT2D eigenvalue weighted by molar-refractivity contribution is -0.140. The van der Waals surface area contributed by atoms with Gasteiger partial charge in [0.1, 0.15) is 18.4 Å². The maximum atomic E-state index is 11.9. The molecule has 0 aromatic carbocycles. The van der Waals surface area contributed by atoms with Crippen LogP contribution in [0.25, 0.3) is 0 Å². The second kappa shape index (κ2) is 3.29. The molecule has 12 heavy (non-hydrogen) atoms. The Morgan fingerprint density at radius 2 is 2.58 bits per heavy atom. The van der Waals surface area contributed by atoms with Gasteiger partial charge in [0.25, 0.3) is 0 Å². The molecule has 1 atom stereocenters. The van der Waals surface area contributed by atoms with Crippen LogP contribution in [0.3, 0.4) is 0 Å². The summed E-state index contributed by atoms with van der Waals surface area (Å²) in [7, 11) is 0. The molecule has 0 saturated carbocycles. The highest BCUT2D eigenvalue weighted by Crippen LogP contribution is 2.04. The molecule has 66 valence electrons. The average Bonchev–Trinajstić information content (AvgIpc) is 2.50. The zero-order chi connectivity index (χ0) is 9.14. The molecule has 0 amide bonds. The molecule has 1 aromatic rings. The van der Waals surface area contributed by atoms with Gasteiger partial charge in [-0.05, 0) is 6.92 Å². The van der Waals surface area contributed by atoms with Crippen LogP contribution in [0.1, 0.15) is 18.7 Å². The zero-order valence-corrected chi connectivity index (χ0v) is 6.44. The van der Waals surface area contributed by atoms with Gasteiger partial charge in [-0.3, -0.25) is 0 Å². The third-order valence-electron chi connectivity index (χ3n) is 1.45. The maximum Gasteiger partial charge on any atom is 0.328 e. The predicted octanol–water partition coefficient (Wildman–Crippen LogP) is 0.393. The van der Waals surface area contributed by atoms with E-state index in [2.05, 4.69) is 10.3 Å². The molecular weight excluding hydrogens is 165 g/mol. The van der Waals surface area contributed by atoms with Crippen LogP contribution < -0.4 is 0 Å². The lowest BCUT2D eigenvalue weighted by Gasteiger charge is -2.03. The fourth-order valence-corrected chi connectivity index (χ4v) is 0.677. The minimum Gasteiger partial charge on any atom is -0.480 e. The van der Waals surface area contributed by atoms with Crippen LogP contribution in [0.15, 0.2) is 6.20 Å². The second-order valence-electron chi connectivity index (χ2n) is 2.34. The van der Waals surface area contributed by atoms with Gasteiger partial charge in [0.05, 0.1) is 6.20 Å². The van der Waals surface area contributed by atoms with E-state index in [1.807, 2.05) is 0 Å². The molecule has 0 fully saturated rings. The van der Waals surface area contributed by atoms with Gasteiger partial charge in [0, 0.05) is 0 Å². The largest absolute Gasteiger partial charge is 0.480 e. The Balaban J connectivity index is 2.81. The molecule has 0 aliphatic rings. The summed E-state index contributed by atoms with van der Waals surface area (Å²) in [5, 5.41) is 15.4. The number of hydrogen-bond acceptors (Lipinski definition) is 3. The van der Waals surface area contributed by atoms with Crippen molar-refractivity contribution in [1.29, 1.82) is 0 Å². The number of aliphatic carboxylic acids is 1. The van der Waals surface area contributed by atoms with Crippen LogP contribution in [0.5, 0.6) is 0 Å². The van der Waals surface area contributed by atoms with E-state index in [9.17, 15) is 9.18 Å². The first-order chi connectivity index (χ1) is 5.65. The summed E-state index contributed by atoms with van der Waals surface area (Å²) in [5.41, 5.74) is 0.142. The zero-order valence-electron chi connectivity index (χ0n) is 6.44. The number of alkyl halides is 1. The molecule has 1 N–H and O–H groups in total. The standard InChI is InChI=1S/C6H8FN3O2/c1-4(6(11)12)10-3-5(2-7)8-9-10/h3-4H,2H2,1H3,(H,11,12)/t4-/m1/s1. The number of carboxylic acid groups (broad SMARTS) is 1. The fraction of sp³-hybridized carbons (Fsp3) is 0.500. The molecule has 5 nitrogen and oxygen atoms in total. The summed E-state index contributed by atoms with van der Waals surface area (Å²) in [6.07, 6.45) is 1.28. The fourth-order valence-electron chi connectivity index (χ4n) is 0.677. The molecule has 1 aromatic heterocycles. The molecule has 0 aliphatic carbocycles. The van der Waals surface area contributed by atoms with Gasteiger partial charge in [-0.2, -0.15) is 0 Å². The van der Waals surface area contributed by atoms with E-state index < -0.39 is 18.7 Å². The van der Waals surface area contributed by atoms with Crippen LogP contribution in [0, 0.1) is 0 Å². The molecule has 1 rings (SSSR count). The number of carbonyl (C=O) groups is 1. The van der Waals surface area contributed by atoms with Gasteiger partial charge in [-0.1, -0.05) is 5.21 Å². The molecule has 1 heterocycles. The first kappa shape index (κ1) is 8.63. The highest BCUT2D eigenvalue weighted by molar-refractivity contribution is 5.71. The van der Waals surface area contributed by atoms with Gasteiger partial charge in [0.15, 0.2) is 0 Å². The highest BCUT2D eigenvalue weighted by Gasteiger charge is 2.14. The lowest BCUT2D eigenvalue weighted by atomic mass is 10.3. The van der Waals surface area contributed by atoms with E-state index in [0.717, 1.165) is 4.68 Å². The second-order valence-corrected chi connectivity index (χ2v) is 2.34. The number of aromatic nitrogens is 3. The van der Waals surface area contributed by atoms with Crippen LogP contribution in [-0.4, -0.2) is 26.1 Å². The first-order valence-electron chi connectivity index (χ1n) is 3.34. The maximum absolute atomic E-state index is 11.9. The van der Waals surface area contributed by atoms with E-state index in [0.29, 0.717) is 0 Å². The van der Waals surface area contributed by atoms with E-state index in [1.54, 1.807) is 0 Å². The SMILES string of the molecule is C[C@H](C(=O)O)n1cc(CF)nn1. The van der Waals surface area contributed by atoms with Crippen molar-refractivity contribution < 1.29 is 14.3 Å². The van der Waals surface area contributed by atoms with Crippen molar-refractivity contribution in [1.82, 2.24) is 15.0 Å². The lowest BCUT2D eigenvalue weighted by Crippen LogP contribution is -2.15. The average molecular weight is 173 g/mol. The summed E-state index contributed by atoms with van der Waals surface area (Å²) in [6.45, 7) is 0.714. The number of nitrogens with zero attached hydrogens (tertiary/aromatic N) is 3. The first-order valence-corrected chi connectivity index (χ1v) is 3.34. The normalized spacial score (nSPS) is 12.8. The number of rotatable bonds is 3. The number of hydrogen-bond donors (Lipinski definition) is 1. The van der Waals surface area contributed by atoms with Gasteiger partial charge < -0.3 is 5.11 Å². The van der Waals surface area contributed by atoms with E-state index in [1.165, 1.54) is 13.1 Å². The van der Waals surface area contributed by atoms with Gasteiger partial charge in [-0.25, -0.2) is 13.9 Å². The molecule has 0 aliphatic heterocycles. The highest BCUT2D eigenvalue weighted by atomic mass is 19.1. The van der Waals surface area contributed by atoms with Crippen molar-refractivity contribution in [3.05, 3.63) is 11.9 Å². The summed E-state index contributed by atoms with van der Waals surface area (Å²) >= 11 is 0. The molecule has 0 saturated heterocycles. The smallest absolute Gasteiger partial charge is 0.328 e. The van der Waals surface area contributed by atoms with Gasteiger partial charge >= 0.3 is 5.97 Å². The Labute approximate surface area is 67.8 Å². The van der Waals surface area contributed by atoms with E-state index in [-0.39, 0.29) is 5.69 Å². The number of carboxylic acids is 1.